The minimum absolute atomic E-state index is 0.00463. The summed E-state index contributed by atoms with van der Waals surface area (Å²) in [5, 5.41) is 12.3. The van der Waals surface area contributed by atoms with Crippen LogP contribution in [-0.2, 0) is 11.3 Å². The zero-order valence-electron chi connectivity index (χ0n) is 17.6. The standard InChI is InChI=1S/C23H18N4O.C3H3NO/c24-12-14-5-7-15(8-6-14)21-11-20-18(17-4-2-1-3-16(17)13-25)9-10-19(23(26)28)22(20)27-21;5-3-1-2-4-3/h1-11,27H,13,25H2,(H2,26,28);1-2H,(H,4,5). The van der Waals surface area contributed by atoms with Crippen molar-refractivity contribution in [1.29, 1.82) is 5.26 Å². The van der Waals surface area contributed by atoms with Crippen LogP contribution in [0, 0.1) is 11.3 Å². The van der Waals surface area contributed by atoms with Gasteiger partial charge in [0, 0.05) is 29.9 Å². The molecule has 6 N–H and O–H groups in total. The molecule has 0 fully saturated rings. The van der Waals surface area contributed by atoms with Gasteiger partial charge in [-0.2, -0.15) is 5.26 Å². The first-order chi connectivity index (χ1) is 16.0. The summed E-state index contributed by atoms with van der Waals surface area (Å²) in [6.45, 7) is 0.419. The SMILES string of the molecule is N#Cc1ccc(-c2cc3c(-c4ccccc4CN)ccc(C(N)=O)c3[nH]2)cc1.O=C1C=CN1. The Bertz CT molecular complexity index is 1430. The van der Waals surface area contributed by atoms with Crippen molar-refractivity contribution in [3.05, 3.63) is 95.7 Å². The number of nitrogens with two attached hydrogens (primary N) is 2. The van der Waals surface area contributed by atoms with Crippen molar-refractivity contribution < 1.29 is 9.59 Å². The van der Waals surface area contributed by atoms with Crippen LogP contribution in [0.2, 0.25) is 0 Å². The van der Waals surface area contributed by atoms with Gasteiger partial charge in [-0.25, -0.2) is 0 Å². The monoisotopic (exact) mass is 435 g/mol. The number of hydrogen-bond acceptors (Lipinski definition) is 4. The van der Waals surface area contributed by atoms with E-state index in [2.05, 4.69) is 16.4 Å². The van der Waals surface area contributed by atoms with Gasteiger partial charge in [0.2, 0.25) is 5.91 Å². The van der Waals surface area contributed by atoms with Crippen molar-refractivity contribution in [1.82, 2.24) is 10.3 Å². The van der Waals surface area contributed by atoms with Crippen LogP contribution in [-0.4, -0.2) is 16.8 Å². The van der Waals surface area contributed by atoms with Crippen molar-refractivity contribution in [2.45, 2.75) is 6.54 Å². The van der Waals surface area contributed by atoms with E-state index in [0.717, 1.165) is 33.3 Å². The van der Waals surface area contributed by atoms with Gasteiger partial charge in [0.25, 0.3) is 5.91 Å². The average molecular weight is 435 g/mol. The number of fused-ring (bicyclic) bond motifs is 1. The zero-order chi connectivity index (χ0) is 23.4. The number of aromatic nitrogens is 1. The van der Waals surface area contributed by atoms with Gasteiger partial charge >= 0.3 is 0 Å². The molecule has 3 aromatic carbocycles. The number of rotatable bonds is 4. The Balaban J connectivity index is 0.000000459. The van der Waals surface area contributed by atoms with E-state index >= 15 is 0 Å². The number of H-pyrrole nitrogens is 1. The minimum Gasteiger partial charge on any atom is -0.366 e. The molecule has 7 nitrogen and oxygen atoms in total. The third-order valence-corrected chi connectivity index (χ3v) is 5.37. The zero-order valence-corrected chi connectivity index (χ0v) is 17.6. The maximum absolute atomic E-state index is 12.0. The third kappa shape index (κ3) is 4.37. The normalized spacial score (nSPS) is 11.7. The highest BCUT2D eigenvalue weighted by atomic mass is 16.2. The lowest BCUT2D eigenvalue weighted by atomic mass is 9.95. The summed E-state index contributed by atoms with van der Waals surface area (Å²) in [6.07, 6.45) is 3.07. The first-order valence-corrected chi connectivity index (χ1v) is 10.2. The minimum atomic E-state index is -0.489. The molecule has 0 saturated heterocycles. The Morgan fingerprint density at radius 3 is 2.27 bits per heavy atom. The predicted molar refractivity (Wildman–Crippen MR) is 128 cm³/mol. The molecule has 1 aliphatic rings. The van der Waals surface area contributed by atoms with E-state index in [1.165, 1.54) is 6.08 Å². The first kappa shape index (κ1) is 21.6. The van der Waals surface area contributed by atoms with Crippen molar-refractivity contribution in [2.75, 3.05) is 0 Å². The summed E-state index contributed by atoms with van der Waals surface area (Å²) in [7, 11) is 0. The Hall–Kier alpha value is -4.67. The number of carbonyl (C=O) groups is 2. The molecule has 5 rings (SSSR count). The van der Waals surface area contributed by atoms with Crippen molar-refractivity contribution in [3.8, 4) is 28.5 Å². The average Bonchev–Trinajstić information content (AvgIpc) is 3.28. The van der Waals surface area contributed by atoms with Gasteiger partial charge in [-0.15, -0.1) is 0 Å². The molecule has 7 heteroatoms. The van der Waals surface area contributed by atoms with Crippen LogP contribution in [0.1, 0.15) is 21.5 Å². The second-order valence-electron chi connectivity index (χ2n) is 7.39. The van der Waals surface area contributed by atoms with Gasteiger partial charge in [-0.1, -0.05) is 42.5 Å². The molecule has 0 aliphatic carbocycles. The van der Waals surface area contributed by atoms with Crippen LogP contribution >= 0.6 is 0 Å². The van der Waals surface area contributed by atoms with Gasteiger partial charge in [-0.05, 0) is 46.5 Å². The molecule has 0 unspecified atom stereocenters. The number of benzene rings is 3. The van der Waals surface area contributed by atoms with Gasteiger partial charge < -0.3 is 21.8 Å². The number of nitriles is 1. The molecule has 162 valence electrons. The van der Waals surface area contributed by atoms with Gasteiger partial charge in [0.05, 0.1) is 22.7 Å². The number of aromatic amines is 1. The van der Waals surface area contributed by atoms with Crippen LogP contribution < -0.4 is 16.8 Å². The number of nitrogens with one attached hydrogen (secondary N) is 2. The second kappa shape index (κ2) is 9.22. The summed E-state index contributed by atoms with van der Waals surface area (Å²) in [6, 6.07) is 23.0. The van der Waals surface area contributed by atoms with E-state index in [1.807, 2.05) is 48.5 Å². The molecule has 1 aromatic heterocycles. The highest BCUT2D eigenvalue weighted by Gasteiger charge is 2.16. The Morgan fingerprint density at radius 1 is 1.00 bits per heavy atom. The lowest BCUT2D eigenvalue weighted by molar-refractivity contribution is -0.117. The summed E-state index contributed by atoms with van der Waals surface area (Å²) >= 11 is 0. The van der Waals surface area contributed by atoms with E-state index in [9.17, 15) is 9.59 Å². The molecule has 0 saturated carbocycles. The third-order valence-electron chi connectivity index (χ3n) is 5.37. The smallest absolute Gasteiger partial charge is 0.250 e. The van der Waals surface area contributed by atoms with E-state index in [4.69, 9.17) is 16.7 Å². The van der Waals surface area contributed by atoms with Crippen LogP contribution in [0.25, 0.3) is 33.3 Å². The maximum atomic E-state index is 12.0. The summed E-state index contributed by atoms with van der Waals surface area (Å²) in [5.74, 6) is -0.484. The molecular weight excluding hydrogens is 414 g/mol. The van der Waals surface area contributed by atoms with Crippen molar-refractivity contribution >= 4 is 22.7 Å². The van der Waals surface area contributed by atoms with Gasteiger partial charge in [0.15, 0.2) is 0 Å². The van der Waals surface area contributed by atoms with E-state index in [0.29, 0.717) is 23.2 Å². The van der Waals surface area contributed by atoms with Crippen molar-refractivity contribution in [2.24, 2.45) is 11.5 Å². The fraction of sp³-hybridized carbons (Fsp3) is 0.0385. The van der Waals surface area contributed by atoms with Gasteiger partial charge in [-0.3, -0.25) is 9.59 Å². The molecule has 2 amide bonds. The van der Waals surface area contributed by atoms with E-state index in [1.54, 1.807) is 24.4 Å². The quantitative estimate of drug-likeness (QED) is 0.389. The van der Waals surface area contributed by atoms with Crippen molar-refractivity contribution in [3.63, 3.8) is 0 Å². The Morgan fingerprint density at radius 2 is 1.70 bits per heavy atom. The van der Waals surface area contributed by atoms with Crippen LogP contribution in [0.5, 0.6) is 0 Å². The molecule has 0 bridgehead atoms. The highest BCUT2D eigenvalue weighted by Crippen LogP contribution is 2.35. The molecule has 2 heterocycles. The lowest BCUT2D eigenvalue weighted by Gasteiger charge is -2.10. The highest BCUT2D eigenvalue weighted by molar-refractivity contribution is 6.10. The molecule has 1 aliphatic heterocycles. The Kier molecular flexibility index (Phi) is 6.02. The maximum Gasteiger partial charge on any atom is 0.250 e. The molecular formula is C26H21N5O2. The Labute approximate surface area is 190 Å². The number of nitrogens with zero attached hydrogens (tertiary/aromatic N) is 1. The van der Waals surface area contributed by atoms with E-state index in [-0.39, 0.29) is 5.91 Å². The van der Waals surface area contributed by atoms with Crippen LogP contribution in [0.4, 0.5) is 0 Å². The summed E-state index contributed by atoms with van der Waals surface area (Å²) < 4.78 is 0. The van der Waals surface area contributed by atoms with Crippen LogP contribution in [0.3, 0.4) is 0 Å². The number of hydrogen-bond donors (Lipinski definition) is 4. The summed E-state index contributed by atoms with van der Waals surface area (Å²) in [5.41, 5.74) is 18.0. The number of primary amides is 1. The fourth-order valence-corrected chi connectivity index (χ4v) is 3.65. The van der Waals surface area contributed by atoms with E-state index < -0.39 is 5.91 Å². The molecule has 0 radical (unpaired) electrons. The molecule has 4 aromatic rings. The molecule has 0 atom stereocenters. The molecule has 0 spiro atoms. The molecule has 33 heavy (non-hydrogen) atoms. The second-order valence-corrected chi connectivity index (χ2v) is 7.39. The summed E-state index contributed by atoms with van der Waals surface area (Å²) in [4.78, 5) is 25.0. The largest absolute Gasteiger partial charge is 0.366 e. The number of amides is 2. The predicted octanol–water partition coefficient (Wildman–Crippen LogP) is 3.56. The first-order valence-electron chi connectivity index (χ1n) is 10.2. The number of carbonyl (C=O) groups excluding carboxylic acids is 2. The van der Waals surface area contributed by atoms with Gasteiger partial charge in [0.1, 0.15) is 0 Å². The topological polar surface area (TPSA) is 138 Å². The van der Waals surface area contributed by atoms with Crippen LogP contribution in [0.15, 0.2) is 79.0 Å². The lowest BCUT2D eigenvalue weighted by Crippen LogP contribution is -2.22. The fourth-order valence-electron chi connectivity index (χ4n) is 3.65.